The highest BCUT2D eigenvalue weighted by molar-refractivity contribution is 5.92. The van der Waals surface area contributed by atoms with Crippen LogP contribution in [-0.4, -0.2) is 26.4 Å². The molecule has 0 aliphatic heterocycles. The van der Waals surface area contributed by atoms with Crippen molar-refractivity contribution in [1.29, 1.82) is 0 Å². The molecule has 2 heterocycles. The van der Waals surface area contributed by atoms with Crippen molar-refractivity contribution < 1.29 is 4.79 Å². The van der Waals surface area contributed by atoms with E-state index in [1.807, 2.05) is 32.9 Å². The number of amides is 1. The smallest absolute Gasteiger partial charge is 0.270 e. The monoisotopic (exact) mass is 285 g/mol. The molecule has 0 saturated heterocycles. The summed E-state index contributed by atoms with van der Waals surface area (Å²) in [6, 6.07) is 5.32. The molecule has 110 valence electrons. The summed E-state index contributed by atoms with van der Waals surface area (Å²) in [5.74, 6) is 0.203. The van der Waals surface area contributed by atoms with E-state index in [1.165, 1.54) is 0 Å². The third kappa shape index (κ3) is 4.83. The van der Waals surface area contributed by atoms with Crippen molar-refractivity contribution in [1.82, 2.24) is 20.3 Å². The molecule has 2 rings (SSSR count). The molecule has 0 aromatic carbocycles. The minimum absolute atomic E-state index is 0.162. The second kappa shape index (κ2) is 6.30. The van der Waals surface area contributed by atoms with E-state index in [1.54, 1.807) is 24.7 Å². The Labute approximate surface area is 124 Å². The molecule has 2 N–H and O–H groups in total. The molecule has 0 spiro atoms. The average Bonchev–Trinajstić information content (AvgIpc) is 2.44. The molecule has 0 aliphatic carbocycles. The van der Waals surface area contributed by atoms with Crippen molar-refractivity contribution in [2.24, 2.45) is 0 Å². The van der Waals surface area contributed by atoms with E-state index in [4.69, 9.17) is 0 Å². The van der Waals surface area contributed by atoms with Crippen LogP contribution in [0.25, 0.3) is 0 Å². The van der Waals surface area contributed by atoms with Crippen LogP contribution in [0.2, 0.25) is 0 Å². The summed E-state index contributed by atoms with van der Waals surface area (Å²) in [7, 11) is 0. The van der Waals surface area contributed by atoms with Gasteiger partial charge in [-0.1, -0.05) is 6.07 Å². The fraction of sp³-hybridized carbons (Fsp3) is 0.333. The summed E-state index contributed by atoms with van der Waals surface area (Å²) < 4.78 is 0. The Balaban J connectivity index is 2.01. The largest absolute Gasteiger partial charge is 0.350 e. The van der Waals surface area contributed by atoms with Gasteiger partial charge in [0, 0.05) is 30.7 Å². The SMILES string of the molecule is CC(C)(C)Nc1nccc(C(=O)NCc2cccnc2)n1. The normalized spacial score (nSPS) is 11.0. The van der Waals surface area contributed by atoms with Gasteiger partial charge in [-0.25, -0.2) is 9.97 Å². The van der Waals surface area contributed by atoms with Gasteiger partial charge < -0.3 is 10.6 Å². The van der Waals surface area contributed by atoms with Crippen LogP contribution < -0.4 is 10.6 Å². The average molecular weight is 285 g/mol. The number of nitrogens with zero attached hydrogens (tertiary/aromatic N) is 3. The molecule has 0 aliphatic rings. The first kappa shape index (κ1) is 14.9. The van der Waals surface area contributed by atoms with E-state index in [0.29, 0.717) is 18.2 Å². The molecule has 0 atom stereocenters. The summed E-state index contributed by atoms with van der Waals surface area (Å²) in [5.41, 5.74) is 1.11. The van der Waals surface area contributed by atoms with Crippen LogP contribution in [0.3, 0.4) is 0 Å². The summed E-state index contributed by atoms with van der Waals surface area (Å²) >= 11 is 0. The van der Waals surface area contributed by atoms with Gasteiger partial charge in [-0.05, 0) is 38.5 Å². The van der Waals surface area contributed by atoms with Gasteiger partial charge in [-0.15, -0.1) is 0 Å². The summed E-state index contributed by atoms with van der Waals surface area (Å²) in [6.45, 7) is 6.43. The maximum atomic E-state index is 12.1. The Hall–Kier alpha value is -2.50. The fourth-order valence-electron chi connectivity index (χ4n) is 1.66. The second-order valence-electron chi connectivity index (χ2n) is 5.68. The molecule has 21 heavy (non-hydrogen) atoms. The topological polar surface area (TPSA) is 79.8 Å². The van der Waals surface area contributed by atoms with E-state index in [0.717, 1.165) is 5.56 Å². The van der Waals surface area contributed by atoms with Gasteiger partial charge in [0.05, 0.1) is 0 Å². The van der Waals surface area contributed by atoms with Crippen molar-refractivity contribution in [3.05, 3.63) is 48.0 Å². The lowest BCUT2D eigenvalue weighted by Crippen LogP contribution is -2.29. The third-order valence-corrected chi connectivity index (χ3v) is 2.55. The van der Waals surface area contributed by atoms with E-state index >= 15 is 0 Å². The van der Waals surface area contributed by atoms with Gasteiger partial charge in [-0.2, -0.15) is 0 Å². The lowest BCUT2D eigenvalue weighted by Gasteiger charge is -2.20. The highest BCUT2D eigenvalue weighted by Crippen LogP contribution is 2.09. The number of hydrogen-bond donors (Lipinski definition) is 2. The van der Waals surface area contributed by atoms with Gasteiger partial charge in [0.2, 0.25) is 5.95 Å². The van der Waals surface area contributed by atoms with Crippen molar-refractivity contribution in [2.75, 3.05) is 5.32 Å². The number of anilines is 1. The Morgan fingerprint density at radius 3 is 2.71 bits per heavy atom. The van der Waals surface area contributed by atoms with Crippen LogP contribution in [0, 0.1) is 0 Å². The van der Waals surface area contributed by atoms with Crippen LogP contribution in [0.5, 0.6) is 0 Å². The lowest BCUT2D eigenvalue weighted by molar-refractivity contribution is 0.0946. The lowest BCUT2D eigenvalue weighted by atomic mass is 10.1. The molecular weight excluding hydrogens is 266 g/mol. The van der Waals surface area contributed by atoms with E-state index in [2.05, 4.69) is 25.6 Å². The number of nitrogens with one attached hydrogen (secondary N) is 2. The van der Waals surface area contributed by atoms with Crippen LogP contribution in [0.15, 0.2) is 36.8 Å². The quantitative estimate of drug-likeness (QED) is 0.898. The molecule has 2 aromatic rings. The predicted molar refractivity (Wildman–Crippen MR) is 80.8 cm³/mol. The summed E-state index contributed by atoms with van der Waals surface area (Å²) in [5, 5.41) is 5.95. The first-order valence-corrected chi connectivity index (χ1v) is 6.72. The number of aromatic nitrogens is 3. The molecule has 2 aromatic heterocycles. The van der Waals surface area contributed by atoms with E-state index < -0.39 is 0 Å². The minimum atomic E-state index is -0.238. The molecule has 0 radical (unpaired) electrons. The third-order valence-electron chi connectivity index (χ3n) is 2.55. The maximum absolute atomic E-state index is 12.1. The highest BCUT2D eigenvalue weighted by atomic mass is 16.1. The number of rotatable bonds is 4. The van der Waals surface area contributed by atoms with Gasteiger partial charge >= 0.3 is 0 Å². The number of pyridine rings is 1. The van der Waals surface area contributed by atoms with Gasteiger partial charge in [0.25, 0.3) is 5.91 Å². The second-order valence-corrected chi connectivity index (χ2v) is 5.68. The minimum Gasteiger partial charge on any atom is -0.350 e. The zero-order chi connectivity index (χ0) is 15.3. The number of carbonyl (C=O) groups is 1. The molecule has 0 unspecified atom stereocenters. The number of carbonyl (C=O) groups excluding carboxylic acids is 1. The molecule has 0 fully saturated rings. The molecule has 6 heteroatoms. The van der Waals surface area contributed by atoms with Crippen molar-refractivity contribution in [3.63, 3.8) is 0 Å². The first-order valence-electron chi connectivity index (χ1n) is 6.72. The Morgan fingerprint density at radius 1 is 1.24 bits per heavy atom. The molecule has 6 nitrogen and oxygen atoms in total. The first-order chi connectivity index (χ1) is 9.94. The molecular formula is C15H19N5O. The van der Waals surface area contributed by atoms with Crippen LogP contribution >= 0.6 is 0 Å². The van der Waals surface area contributed by atoms with E-state index in [-0.39, 0.29) is 11.4 Å². The molecule has 1 amide bonds. The van der Waals surface area contributed by atoms with Gasteiger partial charge in [0.15, 0.2) is 0 Å². The Morgan fingerprint density at radius 2 is 2.05 bits per heavy atom. The zero-order valence-corrected chi connectivity index (χ0v) is 12.4. The summed E-state index contributed by atoms with van der Waals surface area (Å²) in [4.78, 5) is 24.4. The summed E-state index contributed by atoms with van der Waals surface area (Å²) in [6.07, 6.45) is 4.98. The predicted octanol–water partition coefficient (Wildman–Crippen LogP) is 2.01. The van der Waals surface area contributed by atoms with Crippen molar-refractivity contribution in [3.8, 4) is 0 Å². The van der Waals surface area contributed by atoms with Crippen molar-refractivity contribution >= 4 is 11.9 Å². The van der Waals surface area contributed by atoms with Crippen LogP contribution in [0.4, 0.5) is 5.95 Å². The molecule has 0 bridgehead atoms. The van der Waals surface area contributed by atoms with Crippen molar-refractivity contribution in [2.45, 2.75) is 32.9 Å². The van der Waals surface area contributed by atoms with Gasteiger partial charge in [0.1, 0.15) is 5.69 Å². The maximum Gasteiger partial charge on any atom is 0.270 e. The Kier molecular flexibility index (Phi) is 4.47. The Bertz CT molecular complexity index is 607. The van der Waals surface area contributed by atoms with Crippen LogP contribution in [0.1, 0.15) is 36.8 Å². The van der Waals surface area contributed by atoms with E-state index in [9.17, 15) is 4.79 Å². The number of hydrogen-bond acceptors (Lipinski definition) is 5. The zero-order valence-electron chi connectivity index (χ0n) is 12.4. The van der Waals surface area contributed by atoms with Gasteiger partial charge in [-0.3, -0.25) is 9.78 Å². The highest BCUT2D eigenvalue weighted by Gasteiger charge is 2.13. The fourth-order valence-corrected chi connectivity index (χ4v) is 1.66. The standard InChI is InChI=1S/C15H19N5O/c1-15(2,3)20-14-17-8-6-12(19-14)13(21)18-10-11-5-4-7-16-9-11/h4-9H,10H2,1-3H3,(H,18,21)(H,17,19,20). The van der Waals surface area contributed by atoms with Crippen LogP contribution in [-0.2, 0) is 6.54 Å². The molecule has 0 saturated carbocycles.